The second-order valence-corrected chi connectivity index (χ2v) is 7.31. The number of hydrogen-bond acceptors (Lipinski definition) is 10. The SMILES string of the molecule is O=c1c(-c2ccc(O)cc2)coc2c([C@H]3O[C@@H](CO)[C@@H](O)[C@@H](O)[C@@H]3O)c(O)cc(O)c12. The summed E-state index contributed by atoms with van der Waals surface area (Å²) in [7, 11) is 0. The molecule has 1 aromatic heterocycles. The van der Waals surface area contributed by atoms with Crippen LogP contribution in [0.4, 0.5) is 0 Å². The Morgan fingerprint density at radius 3 is 2.23 bits per heavy atom. The molecule has 4 rings (SSSR count). The van der Waals surface area contributed by atoms with Crippen molar-refractivity contribution >= 4 is 11.0 Å². The number of ether oxygens (including phenoxy) is 1. The Bertz CT molecular complexity index is 1170. The number of hydrogen-bond donors (Lipinski definition) is 7. The van der Waals surface area contributed by atoms with Crippen LogP contribution >= 0.6 is 0 Å². The Balaban J connectivity index is 1.92. The highest BCUT2D eigenvalue weighted by Gasteiger charge is 2.46. The number of phenolic OH excluding ortho intramolecular Hbond substituents is 3. The Labute approximate surface area is 174 Å². The Hall–Kier alpha value is -3.15. The fourth-order valence-electron chi connectivity index (χ4n) is 3.75. The zero-order valence-electron chi connectivity index (χ0n) is 15.9. The van der Waals surface area contributed by atoms with Gasteiger partial charge in [-0.25, -0.2) is 0 Å². The zero-order chi connectivity index (χ0) is 22.4. The highest BCUT2D eigenvalue weighted by Crippen LogP contribution is 2.43. The van der Waals surface area contributed by atoms with E-state index in [4.69, 9.17) is 9.15 Å². The van der Waals surface area contributed by atoms with Gasteiger partial charge in [0.1, 0.15) is 59.4 Å². The summed E-state index contributed by atoms with van der Waals surface area (Å²) in [4.78, 5) is 13.1. The van der Waals surface area contributed by atoms with Crippen molar-refractivity contribution in [2.24, 2.45) is 0 Å². The molecule has 164 valence electrons. The summed E-state index contributed by atoms with van der Waals surface area (Å²) >= 11 is 0. The van der Waals surface area contributed by atoms with Gasteiger partial charge in [-0.2, -0.15) is 0 Å². The maximum absolute atomic E-state index is 13.1. The Kier molecular flexibility index (Phi) is 5.33. The lowest BCUT2D eigenvalue weighted by atomic mass is 9.89. The predicted octanol–water partition coefficient (Wildman–Crippen LogP) is 0.0917. The summed E-state index contributed by atoms with van der Waals surface area (Å²) in [5, 5.41) is 69.8. The molecule has 2 heterocycles. The number of aromatic hydroxyl groups is 3. The van der Waals surface area contributed by atoms with E-state index in [-0.39, 0.29) is 27.8 Å². The predicted molar refractivity (Wildman–Crippen MR) is 106 cm³/mol. The molecule has 10 nitrogen and oxygen atoms in total. The first-order chi connectivity index (χ1) is 14.7. The van der Waals surface area contributed by atoms with Crippen LogP contribution < -0.4 is 5.43 Å². The molecule has 0 spiro atoms. The van der Waals surface area contributed by atoms with Crippen LogP contribution in [0.25, 0.3) is 22.1 Å². The zero-order valence-corrected chi connectivity index (χ0v) is 15.9. The van der Waals surface area contributed by atoms with Crippen LogP contribution in [0.5, 0.6) is 17.2 Å². The highest BCUT2D eigenvalue weighted by molar-refractivity contribution is 5.91. The van der Waals surface area contributed by atoms with Crippen molar-refractivity contribution in [1.29, 1.82) is 0 Å². The summed E-state index contributed by atoms with van der Waals surface area (Å²) < 4.78 is 11.0. The second kappa shape index (κ2) is 7.84. The van der Waals surface area contributed by atoms with Gasteiger partial charge in [-0.1, -0.05) is 12.1 Å². The summed E-state index contributed by atoms with van der Waals surface area (Å²) in [6, 6.07) is 6.56. The first-order valence-electron chi connectivity index (χ1n) is 9.34. The molecule has 10 heteroatoms. The molecule has 3 aromatic rings. The van der Waals surface area contributed by atoms with Gasteiger partial charge in [0.25, 0.3) is 0 Å². The van der Waals surface area contributed by atoms with Crippen LogP contribution in [-0.2, 0) is 4.74 Å². The summed E-state index contributed by atoms with van der Waals surface area (Å²) in [6.07, 6.45) is -6.73. The number of aliphatic hydroxyl groups is 4. The highest BCUT2D eigenvalue weighted by atomic mass is 16.5. The molecule has 5 atom stereocenters. The molecule has 0 saturated carbocycles. The molecule has 0 radical (unpaired) electrons. The van der Waals surface area contributed by atoms with E-state index in [1.807, 2.05) is 0 Å². The van der Waals surface area contributed by atoms with Crippen LogP contribution in [0.15, 0.2) is 45.8 Å². The molecular formula is C21H20O10. The molecule has 0 amide bonds. The average Bonchev–Trinajstić information content (AvgIpc) is 2.74. The summed E-state index contributed by atoms with van der Waals surface area (Å²) in [5.41, 5.74) is -0.729. The molecule has 1 aliphatic heterocycles. The monoisotopic (exact) mass is 432 g/mol. The molecule has 0 unspecified atom stereocenters. The lowest BCUT2D eigenvalue weighted by Crippen LogP contribution is -2.55. The molecule has 1 saturated heterocycles. The quantitative estimate of drug-likeness (QED) is 0.300. The Morgan fingerprint density at radius 1 is 0.903 bits per heavy atom. The second-order valence-electron chi connectivity index (χ2n) is 7.31. The van der Waals surface area contributed by atoms with Crippen molar-refractivity contribution in [3.8, 4) is 28.4 Å². The lowest BCUT2D eigenvalue weighted by molar-refractivity contribution is -0.231. The van der Waals surface area contributed by atoms with Gasteiger partial charge >= 0.3 is 0 Å². The first-order valence-corrected chi connectivity index (χ1v) is 9.34. The average molecular weight is 432 g/mol. The topological polar surface area (TPSA) is 181 Å². The van der Waals surface area contributed by atoms with Gasteiger partial charge in [0.2, 0.25) is 5.43 Å². The van der Waals surface area contributed by atoms with Gasteiger partial charge in [-0.05, 0) is 17.7 Å². The first kappa shape index (κ1) is 21.1. The molecule has 1 aliphatic rings. The molecule has 0 bridgehead atoms. The summed E-state index contributed by atoms with van der Waals surface area (Å²) in [5.74, 6) is -1.18. The van der Waals surface area contributed by atoms with Crippen LogP contribution in [0, 0.1) is 0 Å². The van der Waals surface area contributed by atoms with Gasteiger partial charge in [-0.15, -0.1) is 0 Å². The van der Waals surface area contributed by atoms with E-state index in [9.17, 15) is 40.5 Å². The fourth-order valence-corrected chi connectivity index (χ4v) is 3.75. The standard InChI is InChI=1S/C21H20O10/c22-6-13-17(27)18(28)19(29)21(31-13)15-12(25)5-11(24)14-16(26)10(7-30-20(14)15)8-1-3-9(23)4-2-8/h1-5,7,13,17-19,21-25,27-29H,6H2/t13-,17+,18+,19-,21+/m0/s1. The van der Waals surface area contributed by atoms with E-state index in [1.54, 1.807) is 0 Å². The number of aliphatic hydroxyl groups excluding tert-OH is 4. The van der Waals surface area contributed by atoms with E-state index in [1.165, 1.54) is 24.3 Å². The minimum absolute atomic E-state index is 0.00778. The third-order valence-corrected chi connectivity index (χ3v) is 5.40. The number of rotatable bonds is 3. The lowest BCUT2D eigenvalue weighted by Gasteiger charge is -2.40. The van der Waals surface area contributed by atoms with E-state index < -0.39 is 54.1 Å². The largest absolute Gasteiger partial charge is 0.508 e. The van der Waals surface area contributed by atoms with E-state index in [0.29, 0.717) is 5.56 Å². The van der Waals surface area contributed by atoms with E-state index >= 15 is 0 Å². The van der Waals surface area contributed by atoms with E-state index in [0.717, 1.165) is 12.3 Å². The van der Waals surface area contributed by atoms with Crippen LogP contribution in [0.3, 0.4) is 0 Å². The summed E-state index contributed by atoms with van der Waals surface area (Å²) in [6.45, 7) is -0.687. The third-order valence-electron chi connectivity index (χ3n) is 5.40. The molecule has 1 fully saturated rings. The number of phenols is 3. The van der Waals surface area contributed by atoms with Gasteiger partial charge in [0, 0.05) is 6.07 Å². The minimum atomic E-state index is -1.74. The molecule has 0 aliphatic carbocycles. The van der Waals surface area contributed by atoms with Crippen LogP contribution in [-0.4, -0.2) is 66.8 Å². The smallest absolute Gasteiger partial charge is 0.204 e. The van der Waals surface area contributed by atoms with Gasteiger partial charge in [-0.3, -0.25) is 4.79 Å². The Morgan fingerprint density at radius 2 is 1.58 bits per heavy atom. The van der Waals surface area contributed by atoms with Gasteiger partial charge < -0.3 is 44.9 Å². The molecule has 7 N–H and O–H groups in total. The van der Waals surface area contributed by atoms with E-state index in [2.05, 4.69) is 0 Å². The van der Waals surface area contributed by atoms with Crippen LogP contribution in [0.1, 0.15) is 11.7 Å². The maximum atomic E-state index is 13.1. The van der Waals surface area contributed by atoms with Crippen molar-refractivity contribution in [3.05, 3.63) is 52.4 Å². The van der Waals surface area contributed by atoms with Gasteiger partial charge in [0.15, 0.2) is 5.58 Å². The van der Waals surface area contributed by atoms with Crippen molar-refractivity contribution in [2.75, 3.05) is 6.61 Å². The third kappa shape index (κ3) is 3.40. The van der Waals surface area contributed by atoms with Crippen molar-refractivity contribution in [3.63, 3.8) is 0 Å². The van der Waals surface area contributed by atoms with Crippen molar-refractivity contribution in [2.45, 2.75) is 30.5 Å². The van der Waals surface area contributed by atoms with Crippen molar-refractivity contribution < 1.29 is 44.9 Å². The maximum Gasteiger partial charge on any atom is 0.204 e. The molecule has 31 heavy (non-hydrogen) atoms. The minimum Gasteiger partial charge on any atom is -0.508 e. The normalized spacial score (nSPS) is 26.3. The number of fused-ring (bicyclic) bond motifs is 1. The number of benzene rings is 2. The fraction of sp³-hybridized carbons (Fsp3) is 0.286. The van der Waals surface area contributed by atoms with Gasteiger partial charge in [0.05, 0.1) is 17.7 Å². The molecule has 2 aromatic carbocycles. The van der Waals surface area contributed by atoms with Crippen LogP contribution in [0.2, 0.25) is 0 Å². The van der Waals surface area contributed by atoms with Crippen molar-refractivity contribution in [1.82, 2.24) is 0 Å². The molecular weight excluding hydrogens is 412 g/mol.